The average molecular weight is 388 g/mol. The van der Waals surface area contributed by atoms with Crippen molar-refractivity contribution in [2.45, 2.75) is 31.6 Å². The summed E-state index contributed by atoms with van der Waals surface area (Å²) < 4.78 is 26.9. The summed E-state index contributed by atoms with van der Waals surface area (Å²) in [5.41, 5.74) is 5.31. The molecule has 0 saturated carbocycles. The number of amides is 1. The number of nitrogens with two attached hydrogens (primary N) is 1. The molecule has 0 unspecified atom stereocenters. The van der Waals surface area contributed by atoms with Crippen molar-refractivity contribution >= 4 is 27.5 Å². The molecule has 0 spiro atoms. The predicted octanol–water partition coefficient (Wildman–Crippen LogP) is 1.94. The lowest BCUT2D eigenvalue weighted by atomic mass is 9.81. The quantitative estimate of drug-likeness (QED) is 0.808. The first-order valence-corrected chi connectivity index (χ1v) is 10.4. The normalized spacial score (nSPS) is 16.9. The zero-order valence-electron chi connectivity index (χ0n) is 14.7. The van der Waals surface area contributed by atoms with Crippen LogP contribution in [0, 0.1) is 5.41 Å². The van der Waals surface area contributed by atoms with Gasteiger partial charge in [0, 0.05) is 32.7 Å². The summed E-state index contributed by atoms with van der Waals surface area (Å²) in [5, 5.41) is 0.208. The van der Waals surface area contributed by atoms with Gasteiger partial charge in [0.05, 0.1) is 10.4 Å². The maximum Gasteiger partial charge on any atom is 0.244 e. The Labute approximate surface area is 155 Å². The summed E-state index contributed by atoms with van der Waals surface area (Å²) >= 11 is 6.04. The third-order valence-electron chi connectivity index (χ3n) is 5.18. The molecule has 1 aliphatic heterocycles. The first-order valence-electron chi connectivity index (χ1n) is 8.56. The van der Waals surface area contributed by atoms with Gasteiger partial charge in [-0.2, -0.15) is 4.31 Å². The maximum atomic E-state index is 12.9. The van der Waals surface area contributed by atoms with E-state index in [-0.39, 0.29) is 28.9 Å². The van der Waals surface area contributed by atoms with E-state index < -0.39 is 15.4 Å². The van der Waals surface area contributed by atoms with E-state index in [1.54, 1.807) is 23.1 Å². The topological polar surface area (TPSA) is 83.7 Å². The van der Waals surface area contributed by atoms with E-state index in [9.17, 15) is 13.2 Å². The molecule has 2 rings (SSSR count). The Balaban J connectivity index is 2.12. The zero-order valence-corrected chi connectivity index (χ0v) is 16.3. The van der Waals surface area contributed by atoms with Gasteiger partial charge >= 0.3 is 0 Å². The van der Waals surface area contributed by atoms with Gasteiger partial charge < -0.3 is 10.6 Å². The van der Waals surface area contributed by atoms with Gasteiger partial charge in [0.15, 0.2) is 0 Å². The van der Waals surface area contributed by atoms with Crippen molar-refractivity contribution < 1.29 is 13.2 Å². The first-order chi connectivity index (χ1) is 11.8. The molecule has 1 fully saturated rings. The monoisotopic (exact) mass is 387 g/mol. The molecule has 0 atom stereocenters. The van der Waals surface area contributed by atoms with Crippen LogP contribution in [0.1, 0.15) is 26.7 Å². The van der Waals surface area contributed by atoms with E-state index >= 15 is 0 Å². The molecule has 25 heavy (non-hydrogen) atoms. The summed E-state index contributed by atoms with van der Waals surface area (Å²) in [4.78, 5) is 14.7. The summed E-state index contributed by atoms with van der Waals surface area (Å²) in [6.45, 7) is 5.48. The van der Waals surface area contributed by atoms with Gasteiger partial charge in [0.25, 0.3) is 0 Å². The molecule has 0 aromatic heterocycles. The number of nitrogens with zero attached hydrogens (tertiary/aromatic N) is 2. The van der Waals surface area contributed by atoms with Crippen LogP contribution in [0.4, 0.5) is 0 Å². The summed E-state index contributed by atoms with van der Waals surface area (Å²) in [7, 11) is -3.66. The number of piperazine rings is 1. The van der Waals surface area contributed by atoms with Crippen molar-refractivity contribution in [3.05, 3.63) is 29.3 Å². The molecule has 1 saturated heterocycles. The fourth-order valence-electron chi connectivity index (χ4n) is 3.19. The number of carbonyl (C=O) groups excluding carboxylic acids is 1. The Kier molecular flexibility index (Phi) is 6.48. The van der Waals surface area contributed by atoms with E-state index in [4.69, 9.17) is 17.3 Å². The van der Waals surface area contributed by atoms with E-state index in [0.29, 0.717) is 32.5 Å². The third-order valence-corrected chi connectivity index (χ3v) is 7.58. The van der Waals surface area contributed by atoms with E-state index in [0.717, 1.165) is 0 Å². The fraction of sp³-hybridized carbons (Fsp3) is 0.588. The zero-order chi connectivity index (χ0) is 18.7. The molecule has 0 bridgehead atoms. The maximum absolute atomic E-state index is 12.9. The highest BCUT2D eigenvalue weighted by molar-refractivity contribution is 7.89. The number of hydrogen-bond acceptors (Lipinski definition) is 4. The molecule has 0 aliphatic carbocycles. The van der Waals surface area contributed by atoms with Crippen molar-refractivity contribution in [3.63, 3.8) is 0 Å². The fourth-order valence-corrected chi connectivity index (χ4v) is 5.10. The number of rotatable bonds is 6. The first kappa shape index (κ1) is 20.2. The van der Waals surface area contributed by atoms with Crippen LogP contribution in [-0.4, -0.2) is 56.3 Å². The molecule has 0 radical (unpaired) electrons. The van der Waals surface area contributed by atoms with Crippen LogP contribution in [0.2, 0.25) is 5.02 Å². The molecule has 1 aliphatic rings. The molecule has 8 heteroatoms. The molecule has 140 valence electrons. The van der Waals surface area contributed by atoms with Crippen molar-refractivity contribution in [3.8, 4) is 0 Å². The van der Waals surface area contributed by atoms with Crippen LogP contribution in [0.3, 0.4) is 0 Å². The van der Waals surface area contributed by atoms with E-state index in [2.05, 4.69) is 0 Å². The second-order valence-electron chi connectivity index (χ2n) is 6.32. The second-order valence-corrected chi connectivity index (χ2v) is 8.63. The van der Waals surface area contributed by atoms with Gasteiger partial charge in [-0.25, -0.2) is 8.42 Å². The van der Waals surface area contributed by atoms with Crippen LogP contribution >= 0.6 is 11.6 Å². The molecule has 1 aromatic rings. The summed E-state index contributed by atoms with van der Waals surface area (Å²) in [6, 6.07) is 6.41. The molecule has 1 aromatic carbocycles. The molecule has 1 amide bonds. The average Bonchev–Trinajstić information content (AvgIpc) is 2.64. The minimum atomic E-state index is -3.66. The molecule has 1 heterocycles. The molecule has 6 nitrogen and oxygen atoms in total. The lowest BCUT2D eigenvalue weighted by Gasteiger charge is -2.39. The highest BCUT2D eigenvalue weighted by Crippen LogP contribution is 2.29. The van der Waals surface area contributed by atoms with E-state index in [1.165, 1.54) is 10.4 Å². The lowest BCUT2D eigenvalue weighted by Crippen LogP contribution is -2.55. The van der Waals surface area contributed by atoms with Gasteiger partial charge in [-0.1, -0.05) is 37.6 Å². The van der Waals surface area contributed by atoms with Gasteiger partial charge in [0.1, 0.15) is 4.90 Å². The number of halogens is 1. The van der Waals surface area contributed by atoms with Gasteiger partial charge in [-0.05, 0) is 25.0 Å². The highest BCUT2D eigenvalue weighted by Gasteiger charge is 2.39. The van der Waals surface area contributed by atoms with Crippen LogP contribution < -0.4 is 5.73 Å². The standard InChI is InChI=1S/C17H26ClN3O3S/c1-3-17(4-2,13-19)16(22)20-9-11-21(12-10-20)25(23,24)15-8-6-5-7-14(15)18/h5-8H,3-4,9-13,19H2,1-2H3. The minimum absolute atomic E-state index is 0.0230. The SMILES string of the molecule is CCC(CC)(CN)C(=O)N1CCN(S(=O)(=O)c2ccccc2Cl)CC1. The number of hydrogen-bond donors (Lipinski definition) is 1. The predicted molar refractivity (Wildman–Crippen MR) is 98.9 cm³/mol. The second kappa shape index (κ2) is 8.03. The van der Waals surface area contributed by atoms with E-state index in [1.807, 2.05) is 13.8 Å². The van der Waals surface area contributed by atoms with Crippen LogP contribution in [0.15, 0.2) is 29.2 Å². The molecule has 2 N–H and O–H groups in total. The van der Waals surface area contributed by atoms with Crippen molar-refractivity contribution in [1.82, 2.24) is 9.21 Å². The minimum Gasteiger partial charge on any atom is -0.340 e. The number of sulfonamides is 1. The third kappa shape index (κ3) is 3.84. The van der Waals surface area contributed by atoms with Crippen molar-refractivity contribution in [2.75, 3.05) is 32.7 Å². The number of benzene rings is 1. The smallest absolute Gasteiger partial charge is 0.244 e. The molecular weight excluding hydrogens is 362 g/mol. The van der Waals surface area contributed by atoms with Crippen LogP contribution in [0.25, 0.3) is 0 Å². The Morgan fingerprint density at radius 3 is 2.20 bits per heavy atom. The Bertz CT molecular complexity index is 703. The Morgan fingerprint density at radius 2 is 1.72 bits per heavy atom. The number of carbonyl (C=O) groups is 1. The highest BCUT2D eigenvalue weighted by atomic mass is 35.5. The van der Waals surface area contributed by atoms with Crippen molar-refractivity contribution in [2.24, 2.45) is 11.1 Å². The molecular formula is C17H26ClN3O3S. The van der Waals surface area contributed by atoms with Gasteiger partial charge in [0.2, 0.25) is 15.9 Å². The summed E-state index contributed by atoms with van der Waals surface area (Å²) in [6.07, 6.45) is 1.36. The van der Waals surface area contributed by atoms with Gasteiger partial charge in [-0.3, -0.25) is 4.79 Å². The van der Waals surface area contributed by atoms with Crippen molar-refractivity contribution in [1.29, 1.82) is 0 Å². The van der Waals surface area contributed by atoms with Gasteiger partial charge in [-0.15, -0.1) is 0 Å². The Hall–Kier alpha value is -1.15. The lowest BCUT2D eigenvalue weighted by molar-refractivity contribution is -0.143. The summed E-state index contributed by atoms with van der Waals surface area (Å²) in [5.74, 6) is 0.0230. The Morgan fingerprint density at radius 1 is 1.16 bits per heavy atom. The largest absolute Gasteiger partial charge is 0.340 e. The van der Waals surface area contributed by atoms with Crippen LogP contribution in [-0.2, 0) is 14.8 Å². The van der Waals surface area contributed by atoms with Crippen LogP contribution in [0.5, 0.6) is 0 Å².